The van der Waals surface area contributed by atoms with Crippen molar-refractivity contribution in [2.75, 3.05) is 38.0 Å². The largest absolute Gasteiger partial charge is 0.371 e. The Balaban J connectivity index is 2.99. The van der Waals surface area contributed by atoms with Gasteiger partial charge in [-0.25, -0.2) is 12.7 Å². The average Bonchev–Trinajstić information content (AvgIpc) is 2.36. The quantitative estimate of drug-likeness (QED) is 0.753. The summed E-state index contributed by atoms with van der Waals surface area (Å²) in [6, 6.07) is 6.88. The van der Waals surface area contributed by atoms with Gasteiger partial charge in [0.1, 0.15) is 0 Å². The average molecular weight is 291 g/mol. The second kappa shape index (κ2) is 6.41. The summed E-state index contributed by atoms with van der Waals surface area (Å²) in [7, 11) is -0.304. The van der Waals surface area contributed by atoms with Crippen LogP contribution in [0.2, 0.25) is 0 Å². The molecule has 0 heterocycles. The summed E-state index contributed by atoms with van der Waals surface area (Å²) in [5.74, 6) is 0.547. The Hall–Kier alpha value is -0.780. The van der Waals surface area contributed by atoms with Crippen molar-refractivity contribution < 1.29 is 8.42 Å². The highest BCUT2D eigenvalue weighted by Crippen LogP contribution is 2.19. The summed E-state index contributed by atoms with van der Waals surface area (Å²) >= 11 is 5.73. The van der Waals surface area contributed by atoms with Crippen LogP contribution in [0.25, 0.3) is 0 Å². The molecule has 0 aliphatic heterocycles. The maximum absolute atomic E-state index is 11.9. The molecule has 0 atom stereocenters. The lowest BCUT2D eigenvalue weighted by Crippen LogP contribution is -2.25. The minimum Gasteiger partial charge on any atom is -0.371 e. The highest BCUT2D eigenvalue weighted by molar-refractivity contribution is 7.89. The zero-order valence-corrected chi connectivity index (χ0v) is 12.5. The van der Waals surface area contributed by atoms with E-state index in [1.165, 1.54) is 18.4 Å². The van der Waals surface area contributed by atoms with E-state index in [4.69, 9.17) is 11.6 Å². The maximum Gasteiger partial charge on any atom is 0.242 e. The SMILES string of the molecule is CCN(CCCl)c1ccc(S(=O)(=O)N(C)C)cc1. The van der Waals surface area contributed by atoms with Crippen LogP contribution in [0.15, 0.2) is 29.2 Å². The van der Waals surface area contributed by atoms with Gasteiger partial charge < -0.3 is 4.90 Å². The van der Waals surface area contributed by atoms with Gasteiger partial charge >= 0.3 is 0 Å². The van der Waals surface area contributed by atoms with Crippen molar-refractivity contribution in [3.8, 4) is 0 Å². The van der Waals surface area contributed by atoms with Gasteiger partial charge in [0.05, 0.1) is 4.90 Å². The first-order valence-corrected chi connectivity index (χ1v) is 7.74. The summed E-state index contributed by atoms with van der Waals surface area (Å²) in [6.45, 7) is 3.63. The van der Waals surface area contributed by atoms with Crippen LogP contribution >= 0.6 is 11.6 Å². The van der Waals surface area contributed by atoms with Crippen molar-refractivity contribution in [2.24, 2.45) is 0 Å². The number of nitrogens with zero attached hydrogens (tertiary/aromatic N) is 2. The van der Waals surface area contributed by atoms with Crippen molar-refractivity contribution in [1.82, 2.24) is 4.31 Å². The summed E-state index contributed by atoms with van der Waals surface area (Å²) in [6.07, 6.45) is 0. The van der Waals surface area contributed by atoms with Crippen LogP contribution in [0.5, 0.6) is 0 Å². The molecular weight excluding hydrogens is 272 g/mol. The Morgan fingerprint density at radius 1 is 1.17 bits per heavy atom. The van der Waals surface area contributed by atoms with E-state index in [0.717, 1.165) is 18.8 Å². The lowest BCUT2D eigenvalue weighted by Gasteiger charge is -2.22. The van der Waals surface area contributed by atoms with E-state index in [1.807, 2.05) is 19.1 Å². The van der Waals surface area contributed by atoms with Crippen molar-refractivity contribution >= 4 is 27.3 Å². The van der Waals surface area contributed by atoms with Crippen molar-refractivity contribution in [1.29, 1.82) is 0 Å². The minimum atomic E-state index is -3.35. The van der Waals surface area contributed by atoms with Crippen LogP contribution in [0.3, 0.4) is 0 Å². The summed E-state index contributed by atoms with van der Waals surface area (Å²) in [5, 5.41) is 0. The molecule has 4 nitrogen and oxygen atoms in total. The molecule has 0 bridgehead atoms. The Bertz CT molecular complexity index is 471. The molecule has 0 fully saturated rings. The molecule has 0 N–H and O–H groups in total. The standard InChI is InChI=1S/C12H19ClN2O2S/c1-4-15(10-9-13)11-5-7-12(8-6-11)18(16,17)14(2)3/h5-8H,4,9-10H2,1-3H3. The number of benzene rings is 1. The fourth-order valence-corrected chi connectivity index (χ4v) is 2.72. The third-order valence-corrected chi connectivity index (χ3v) is 4.71. The first kappa shape index (κ1) is 15.3. The number of halogens is 1. The van der Waals surface area contributed by atoms with Crippen LogP contribution in [-0.4, -0.2) is 45.8 Å². The molecule has 0 aromatic heterocycles. The number of alkyl halides is 1. The third-order valence-electron chi connectivity index (χ3n) is 2.72. The number of rotatable bonds is 6. The lowest BCUT2D eigenvalue weighted by atomic mass is 10.3. The Morgan fingerprint density at radius 2 is 1.72 bits per heavy atom. The lowest BCUT2D eigenvalue weighted by molar-refractivity contribution is 0.521. The normalized spacial score (nSPS) is 11.8. The molecule has 1 rings (SSSR count). The summed E-state index contributed by atoms with van der Waals surface area (Å²) in [5.41, 5.74) is 0.982. The highest BCUT2D eigenvalue weighted by Gasteiger charge is 2.17. The van der Waals surface area contributed by atoms with Gasteiger partial charge in [0.15, 0.2) is 0 Å². The zero-order chi connectivity index (χ0) is 13.8. The molecule has 0 saturated carbocycles. The van der Waals surface area contributed by atoms with Crippen molar-refractivity contribution in [2.45, 2.75) is 11.8 Å². The number of hydrogen-bond donors (Lipinski definition) is 0. The van der Waals surface area contributed by atoms with Crippen LogP contribution in [0, 0.1) is 0 Å². The van der Waals surface area contributed by atoms with Gasteiger partial charge in [0.2, 0.25) is 10.0 Å². The monoisotopic (exact) mass is 290 g/mol. The van der Waals surface area contributed by atoms with Gasteiger partial charge in [0.25, 0.3) is 0 Å². The number of sulfonamides is 1. The first-order chi connectivity index (χ1) is 8.43. The zero-order valence-electron chi connectivity index (χ0n) is 10.9. The van der Waals surface area contributed by atoms with Crippen LogP contribution in [0.4, 0.5) is 5.69 Å². The van der Waals surface area contributed by atoms with E-state index in [0.29, 0.717) is 10.8 Å². The molecule has 1 aromatic rings. The fraction of sp³-hybridized carbons (Fsp3) is 0.500. The van der Waals surface area contributed by atoms with Gasteiger partial charge in [-0.05, 0) is 31.2 Å². The van der Waals surface area contributed by atoms with E-state index < -0.39 is 10.0 Å². The van der Waals surface area contributed by atoms with Gasteiger partial charge in [-0.3, -0.25) is 0 Å². The van der Waals surface area contributed by atoms with E-state index in [-0.39, 0.29) is 0 Å². The Morgan fingerprint density at radius 3 is 2.11 bits per heavy atom. The summed E-state index contributed by atoms with van der Waals surface area (Å²) < 4.78 is 25.0. The topological polar surface area (TPSA) is 40.6 Å². The molecule has 6 heteroatoms. The van der Waals surface area contributed by atoms with Crippen molar-refractivity contribution in [3.05, 3.63) is 24.3 Å². The van der Waals surface area contributed by atoms with E-state index in [2.05, 4.69) is 4.90 Å². The first-order valence-electron chi connectivity index (χ1n) is 5.77. The molecule has 0 unspecified atom stereocenters. The smallest absolute Gasteiger partial charge is 0.242 e. The minimum absolute atomic E-state index is 0.304. The number of anilines is 1. The van der Waals surface area contributed by atoms with Crippen LogP contribution in [0.1, 0.15) is 6.92 Å². The highest BCUT2D eigenvalue weighted by atomic mass is 35.5. The second-order valence-corrected chi connectivity index (χ2v) is 6.58. The predicted molar refractivity (Wildman–Crippen MR) is 75.9 cm³/mol. The molecule has 102 valence electrons. The second-order valence-electron chi connectivity index (χ2n) is 4.05. The molecule has 0 aliphatic carbocycles. The van der Waals surface area contributed by atoms with Gasteiger partial charge in [-0.2, -0.15) is 0 Å². The summed E-state index contributed by atoms with van der Waals surface area (Å²) in [4.78, 5) is 2.40. The molecule has 1 aromatic carbocycles. The molecular formula is C12H19ClN2O2S. The van der Waals surface area contributed by atoms with Gasteiger partial charge in [0, 0.05) is 38.8 Å². The molecule has 0 aliphatic rings. The molecule has 0 radical (unpaired) electrons. The Labute approximate surface area is 114 Å². The predicted octanol–water partition coefficient (Wildman–Crippen LogP) is 2.00. The van der Waals surface area contributed by atoms with E-state index >= 15 is 0 Å². The van der Waals surface area contributed by atoms with Gasteiger partial charge in [-0.15, -0.1) is 11.6 Å². The van der Waals surface area contributed by atoms with Crippen LogP contribution in [-0.2, 0) is 10.0 Å². The maximum atomic E-state index is 11.9. The van der Waals surface area contributed by atoms with E-state index in [1.54, 1.807) is 12.1 Å². The third kappa shape index (κ3) is 3.37. The fourth-order valence-electron chi connectivity index (χ4n) is 1.61. The van der Waals surface area contributed by atoms with Gasteiger partial charge in [-0.1, -0.05) is 0 Å². The number of hydrogen-bond acceptors (Lipinski definition) is 3. The Kier molecular flexibility index (Phi) is 5.44. The van der Waals surface area contributed by atoms with E-state index in [9.17, 15) is 8.42 Å². The molecule has 0 amide bonds. The molecule has 0 spiro atoms. The molecule has 18 heavy (non-hydrogen) atoms. The molecule has 0 saturated heterocycles. The van der Waals surface area contributed by atoms with Crippen LogP contribution < -0.4 is 4.90 Å². The van der Waals surface area contributed by atoms with Crippen molar-refractivity contribution in [3.63, 3.8) is 0 Å².